The minimum atomic E-state index is 0.514. The van der Waals surface area contributed by atoms with E-state index in [0.29, 0.717) is 29.3 Å². The maximum Gasteiger partial charge on any atom is 0.144 e. The smallest absolute Gasteiger partial charge is 0.144 e. The van der Waals surface area contributed by atoms with Crippen LogP contribution in [-0.4, -0.2) is 12.8 Å². The van der Waals surface area contributed by atoms with Crippen molar-refractivity contribution in [3.8, 4) is 5.75 Å². The Labute approximate surface area is 83.4 Å². The lowest BCUT2D eigenvalue weighted by Gasteiger charge is -2.10. The second-order valence-corrected chi connectivity index (χ2v) is 3.01. The van der Waals surface area contributed by atoms with Crippen molar-refractivity contribution in [3.63, 3.8) is 0 Å². The zero-order chi connectivity index (χ0) is 10.6. The van der Waals surface area contributed by atoms with Crippen LogP contribution in [0.15, 0.2) is 12.1 Å². The number of ether oxygens (including phenoxy) is 1. The minimum absolute atomic E-state index is 0.514. The molecular weight excluding hydrogens is 178 g/mol. The number of benzene rings is 1. The molecule has 0 saturated heterocycles. The molecule has 1 aromatic rings. The van der Waals surface area contributed by atoms with Crippen LogP contribution in [0.3, 0.4) is 0 Å². The molecule has 0 amide bonds. The topological polar surface area (TPSA) is 85.1 Å². The lowest BCUT2D eigenvalue weighted by atomic mass is 10.1. The minimum Gasteiger partial charge on any atom is -0.491 e. The van der Waals surface area contributed by atoms with Crippen molar-refractivity contribution < 1.29 is 4.74 Å². The Morgan fingerprint density at radius 1 is 1.36 bits per heavy atom. The summed E-state index contributed by atoms with van der Waals surface area (Å²) in [4.78, 5) is 0. The highest BCUT2D eigenvalue weighted by Gasteiger charge is 2.04. The zero-order valence-corrected chi connectivity index (χ0v) is 8.21. The largest absolute Gasteiger partial charge is 0.491 e. The summed E-state index contributed by atoms with van der Waals surface area (Å²) < 4.78 is 5.39. The maximum atomic E-state index is 7.09. The Morgan fingerprint density at radius 2 is 2.07 bits per heavy atom. The Balaban J connectivity index is 2.96. The first-order valence-corrected chi connectivity index (χ1v) is 4.51. The average molecular weight is 193 g/mol. The fourth-order valence-corrected chi connectivity index (χ4v) is 1.09. The first kappa shape index (κ1) is 10.4. The molecule has 1 rings (SSSR count). The van der Waals surface area contributed by atoms with Gasteiger partial charge in [0.25, 0.3) is 0 Å². The second kappa shape index (κ2) is 4.50. The summed E-state index contributed by atoms with van der Waals surface area (Å²) in [7, 11) is 0. The zero-order valence-electron chi connectivity index (χ0n) is 8.21. The van der Waals surface area contributed by atoms with Crippen LogP contribution < -0.4 is 16.2 Å². The summed E-state index contributed by atoms with van der Waals surface area (Å²) >= 11 is 0. The molecule has 0 aliphatic rings. The molecule has 0 radical (unpaired) electrons. The third kappa shape index (κ3) is 2.16. The van der Waals surface area contributed by atoms with Gasteiger partial charge in [0.15, 0.2) is 0 Å². The highest BCUT2D eigenvalue weighted by atomic mass is 16.5. The van der Waals surface area contributed by atoms with E-state index in [9.17, 15) is 0 Å². The molecule has 0 saturated carbocycles. The molecule has 1 aromatic carbocycles. The molecule has 0 bridgehead atoms. The number of hydrogen-bond acceptors (Lipinski definition) is 4. The van der Waals surface area contributed by atoms with Crippen molar-refractivity contribution in [1.29, 1.82) is 5.41 Å². The number of rotatable bonds is 4. The van der Waals surface area contributed by atoms with E-state index in [2.05, 4.69) is 0 Å². The molecule has 4 nitrogen and oxygen atoms in total. The van der Waals surface area contributed by atoms with Crippen molar-refractivity contribution >= 4 is 17.6 Å². The Kier molecular flexibility index (Phi) is 3.34. The second-order valence-electron chi connectivity index (χ2n) is 3.01. The highest BCUT2D eigenvalue weighted by Crippen LogP contribution is 2.26. The van der Waals surface area contributed by atoms with E-state index < -0.39 is 0 Å². The van der Waals surface area contributed by atoms with Crippen LogP contribution in [0.2, 0.25) is 0 Å². The van der Waals surface area contributed by atoms with Crippen LogP contribution >= 0.6 is 0 Å². The summed E-state index contributed by atoms with van der Waals surface area (Å²) in [5, 5.41) is 7.09. The molecular formula is C10H15N3O. The van der Waals surface area contributed by atoms with Gasteiger partial charge in [-0.3, -0.25) is 0 Å². The van der Waals surface area contributed by atoms with Crippen molar-refractivity contribution in [2.24, 2.45) is 0 Å². The van der Waals surface area contributed by atoms with Gasteiger partial charge >= 0.3 is 0 Å². The van der Waals surface area contributed by atoms with Gasteiger partial charge in [0.1, 0.15) is 5.75 Å². The van der Waals surface area contributed by atoms with E-state index >= 15 is 0 Å². The van der Waals surface area contributed by atoms with Gasteiger partial charge in [-0.15, -0.1) is 0 Å². The van der Waals surface area contributed by atoms with Crippen LogP contribution in [-0.2, 0) is 0 Å². The Bertz CT molecular complexity index is 336. The Morgan fingerprint density at radius 3 is 2.64 bits per heavy atom. The molecule has 5 N–H and O–H groups in total. The lowest BCUT2D eigenvalue weighted by molar-refractivity contribution is 0.319. The molecule has 0 spiro atoms. The van der Waals surface area contributed by atoms with Gasteiger partial charge in [-0.25, -0.2) is 0 Å². The molecule has 0 unspecified atom stereocenters. The monoisotopic (exact) mass is 193 g/mol. The molecule has 0 fully saturated rings. The first-order valence-electron chi connectivity index (χ1n) is 4.51. The van der Waals surface area contributed by atoms with Crippen LogP contribution in [0.5, 0.6) is 5.75 Å². The van der Waals surface area contributed by atoms with Gasteiger partial charge in [-0.05, 0) is 12.5 Å². The fraction of sp³-hybridized carbons (Fsp3) is 0.300. The van der Waals surface area contributed by atoms with Gasteiger partial charge < -0.3 is 21.6 Å². The van der Waals surface area contributed by atoms with Crippen LogP contribution in [0.4, 0.5) is 11.4 Å². The average Bonchev–Trinajstić information content (AvgIpc) is 2.18. The van der Waals surface area contributed by atoms with E-state index in [1.807, 2.05) is 6.92 Å². The quantitative estimate of drug-likeness (QED) is 0.502. The fourth-order valence-electron chi connectivity index (χ4n) is 1.09. The van der Waals surface area contributed by atoms with Crippen molar-refractivity contribution in [2.75, 3.05) is 18.1 Å². The molecule has 76 valence electrons. The summed E-state index contributed by atoms with van der Waals surface area (Å²) in [5.74, 6) is 0.593. The van der Waals surface area contributed by atoms with Crippen molar-refractivity contribution in [1.82, 2.24) is 0 Å². The van der Waals surface area contributed by atoms with Crippen LogP contribution in [0.25, 0.3) is 0 Å². The van der Waals surface area contributed by atoms with E-state index in [1.165, 1.54) is 6.21 Å². The van der Waals surface area contributed by atoms with Gasteiger partial charge in [-0.2, -0.15) is 0 Å². The summed E-state index contributed by atoms with van der Waals surface area (Å²) in [5.41, 5.74) is 13.1. The Hall–Kier alpha value is -1.71. The van der Waals surface area contributed by atoms with E-state index in [4.69, 9.17) is 21.6 Å². The summed E-state index contributed by atoms with van der Waals surface area (Å²) in [6.45, 7) is 2.64. The van der Waals surface area contributed by atoms with Crippen LogP contribution in [0.1, 0.15) is 18.9 Å². The van der Waals surface area contributed by atoms with Crippen LogP contribution in [0, 0.1) is 5.41 Å². The molecule has 0 aliphatic heterocycles. The SMILES string of the molecule is CCCOc1cc(N)c(C=N)cc1N. The third-order valence-electron chi connectivity index (χ3n) is 1.83. The van der Waals surface area contributed by atoms with Crippen molar-refractivity contribution in [2.45, 2.75) is 13.3 Å². The highest BCUT2D eigenvalue weighted by molar-refractivity contribution is 5.87. The molecule has 0 aromatic heterocycles. The molecule has 14 heavy (non-hydrogen) atoms. The predicted molar refractivity (Wildman–Crippen MR) is 58.9 cm³/mol. The van der Waals surface area contributed by atoms with Gasteiger partial charge in [0.2, 0.25) is 0 Å². The van der Waals surface area contributed by atoms with Gasteiger partial charge in [0, 0.05) is 23.5 Å². The number of nitrogens with two attached hydrogens (primary N) is 2. The summed E-state index contributed by atoms with van der Waals surface area (Å²) in [6.07, 6.45) is 2.10. The normalized spacial score (nSPS) is 9.79. The van der Waals surface area contributed by atoms with E-state index in [-0.39, 0.29) is 0 Å². The number of anilines is 2. The predicted octanol–water partition coefficient (Wildman–Crippen LogP) is 1.64. The molecule has 0 atom stereocenters. The molecule has 0 heterocycles. The maximum absolute atomic E-state index is 7.09. The van der Waals surface area contributed by atoms with Gasteiger partial charge in [-0.1, -0.05) is 6.92 Å². The molecule has 0 aliphatic carbocycles. The molecule has 4 heteroatoms. The van der Waals surface area contributed by atoms with Gasteiger partial charge in [0.05, 0.1) is 12.3 Å². The number of hydrogen-bond donors (Lipinski definition) is 3. The standard InChI is InChI=1S/C10H15N3O/c1-2-3-14-10-5-8(12)7(6-11)4-9(10)13/h4-6,11H,2-3,12-13H2,1H3. The number of nitrogens with one attached hydrogen (secondary N) is 1. The van der Waals surface area contributed by atoms with Crippen molar-refractivity contribution in [3.05, 3.63) is 17.7 Å². The first-order chi connectivity index (χ1) is 6.69. The summed E-state index contributed by atoms with van der Waals surface area (Å²) in [6, 6.07) is 3.30. The van der Waals surface area contributed by atoms with E-state index in [1.54, 1.807) is 12.1 Å². The van der Waals surface area contributed by atoms with E-state index in [0.717, 1.165) is 6.42 Å². The lowest BCUT2D eigenvalue weighted by Crippen LogP contribution is -2.02. The third-order valence-corrected chi connectivity index (χ3v) is 1.83. The number of nitrogen functional groups attached to an aromatic ring is 2.